The molecule has 138 valence electrons. The second kappa shape index (κ2) is 7.00. The Bertz CT molecular complexity index is 1140. The molecule has 1 aliphatic heterocycles. The number of fused-ring (bicyclic) bond motifs is 1. The SMILES string of the molecule is COC(=O)c1ccccc1-c1ccc(C=C2C(=O)NC(=O)c3ccccc32)o1. The van der Waals surface area contributed by atoms with E-state index in [4.69, 9.17) is 9.15 Å². The summed E-state index contributed by atoms with van der Waals surface area (Å²) in [5.74, 6) is -0.495. The highest BCUT2D eigenvalue weighted by Crippen LogP contribution is 2.30. The summed E-state index contributed by atoms with van der Waals surface area (Å²) < 4.78 is 10.7. The Balaban J connectivity index is 1.76. The van der Waals surface area contributed by atoms with Crippen LogP contribution in [0.5, 0.6) is 0 Å². The number of imide groups is 1. The molecule has 2 heterocycles. The van der Waals surface area contributed by atoms with Crippen molar-refractivity contribution in [3.05, 3.63) is 83.1 Å². The number of ether oxygens (including phenoxy) is 1. The molecule has 6 nitrogen and oxygen atoms in total. The summed E-state index contributed by atoms with van der Waals surface area (Å²) in [5, 5.41) is 2.33. The van der Waals surface area contributed by atoms with E-state index in [1.54, 1.807) is 66.7 Å². The fraction of sp³-hybridized carbons (Fsp3) is 0.0455. The van der Waals surface area contributed by atoms with Crippen LogP contribution in [0.1, 0.15) is 32.0 Å². The lowest BCUT2D eigenvalue weighted by Gasteiger charge is -2.17. The van der Waals surface area contributed by atoms with Gasteiger partial charge in [0.25, 0.3) is 11.8 Å². The van der Waals surface area contributed by atoms with E-state index in [9.17, 15) is 14.4 Å². The molecular formula is C22H15NO5. The summed E-state index contributed by atoms with van der Waals surface area (Å²) >= 11 is 0. The highest BCUT2D eigenvalue weighted by molar-refractivity contribution is 6.33. The lowest BCUT2D eigenvalue weighted by Crippen LogP contribution is -2.36. The maximum atomic E-state index is 12.3. The maximum absolute atomic E-state index is 12.3. The molecular weight excluding hydrogens is 358 g/mol. The Kier molecular flexibility index (Phi) is 4.37. The normalized spacial score (nSPS) is 14.5. The van der Waals surface area contributed by atoms with Crippen molar-refractivity contribution in [1.29, 1.82) is 0 Å². The van der Waals surface area contributed by atoms with Gasteiger partial charge in [0.2, 0.25) is 0 Å². The molecule has 4 rings (SSSR count). The Morgan fingerprint density at radius 3 is 2.32 bits per heavy atom. The van der Waals surface area contributed by atoms with Crippen LogP contribution in [0.2, 0.25) is 0 Å². The number of furan rings is 1. The smallest absolute Gasteiger partial charge is 0.338 e. The van der Waals surface area contributed by atoms with Crippen LogP contribution in [0.15, 0.2) is 65.1 Å². The zero-order valence-electron chi connectivity index (χ0n) is 14.9. The summed E-state index contributed by atoms with van der Waals surface area (Å²) in [6.07, 6.45) is 1.57. The molecule has 28 heavy (non-hydrogen) atoms. The van der Waals surface area contributed by atoms with E-state index in [-0.39, 0.29) is 0 Å². The van der Waals surface area contributed by atoms with Gasteiger partial charge in [-0.1, -0.05) is 36.4 Å². The molecule has 0 radical (unpaired) electrons. The Hall–Kier alpha value is -3.93. The number of methoxy groups -OCH3 is 1. The van der Waals surface area contributed by atoms with Crippen LogP contribution >= 0.6 is 0 Å². The van der Waals surface area contributed by atoms with Crippen molar-refractivity contribution in [2.24, 2.45) is 0 Å². The van der Waals surface area contributed by atoms with Gasteiger partial charge in [0.05, 0.1) is 18.2 Å². The van der Waals surface area contributed by atoms with Crippen molar-refractivity contribution in [1.82, 2.24) is 5.32 Å². The monoisotopic (exact) mass is 373 g/mol. The molecule has 0 saturated heterocycles. The lowest BCUT2D eigenvalue weighted by atomic mass is 9.94. The summed E-state index contributed by atoms with van der Waals surface area (Å²) in [6.45, 7) is 0. The third-order valence-corrected chi connectivity index (χ3v) is 4.44. The molecule has 0 saturated carbocycles. The first-order valence-electron chi connectivity index (χ1n) is 8.53. The number of benzene rings is 2. The van der Waals surface area contributed by atoms with Crippen molar-refractivity contribution in [3.8, 4) is 11.3 Å². The standard InChI is InChI=1S/C22H15NO5/c1-27-22(26)17-9-5-3-7-15(17)19-11-10-13(28-19)12-18-14-6-2-4-8-16(14)20(24)23-21(18)25/h2-12H,1H3,(H,23,24,25). The topological polar surface area (TPSA) is 85.6 Å². The number of esters is 1. The van der Waals surface area contributed by atoms with E-state index < -0.39 is 17.8 Å². The predicted molar refractivity (Wildman–Crippen MR) is 102 cm³/mol. The van der Waals surface area contributed by atoms with Crippen LogP contribution in [0.4, 0.5) is 0 Å². The van der Waals surface area contributed by atoms with Gasteiger partial charge in [-0.2, -0.15) is 0 Å². The van der Waals surface area contributed by atoms with Crippen LogP contribution in [0.25, 0.3) is 23.0 Å². The Labute approximate surface area is 160 Å². The fourth-order valence-electron chi connectivity index (χ4n) is 3.12. The van der Waals surface area contributed by atoms with Gasteiger partial charge in [-0.25, -0.2) is 4.79 Å². The van der Waals surface area contributed by atoms with Crippen LogP contribution in [0.3, 0.4) is 0 Å². The molecule has 0 aliphatic carbocycles. The van der Waals surface area contributed by atoms with Gasteiger partial charge in [-0.15, -0.1) is 0 Å². The van der Waals surface area contributed by atoms with Crippen LogP contribution in [-0.2, 0) is 9.53 Å². The molecule has 6 heteroatoms. The lowest BCUT2D eigenvalue weighted by molar-refractivity contribution is -0.114. The van der Waals surface area contributed by atoms with E-state index in [0.29, 0.717) is 39.3 Å². The van der Waals surface area contributed by atoms with Gasteiger partial charge in [-0.3, -0.25) is 14.9 Å². The van der Waals surface area contributed by atoms with E-state index in [1.165, 1.54) is 7.11 Å². The molecule has 2 aromatic carbocycles. The van der Waals surface area contributed by atoms with Crippen LogP contribution in [0, 0.1) is 0 Å². The van der Waals surface area contributed by atoms with Crippen molar-refractivity contribution in [2.75, 3.05) is 7.11 Å². The van der Waals surface area contributed by atoms with Crippen LogP contribution < -0.4 is 5.32 Å². The minimum absolute atomic E-state index is 0.331. The minimum Gasteiger partial charge on any atom is -0.465 e. The number of hydrogen-bond acceptors (Lipinski definition) is 5. The third kappa shape index (κ3) is 3.01. The van der Waals surface area contributed by atoms with Crippen molar-refractivity contribution in [3.63, 3.8) is 0 Å². The number of carbonyl (C=O) groups is 3. The first kappa shape index (κ1) is 17.5. The van der Waals surface area contributed by atoms with Gasteiger partial charge in [-0.05, 0) is 30.3 Å². The average molecular weight is 373 g/mol. The second-order valence-electron chi connectivity index (χ2n) is 6.13. The second-order valence-corrected chi connectivity index (χ2v) is 6.13. The van der Waals surface area contributed by atoms with Crippen molar-refractivity contribution in [2.45, 2.75) is 0 Å². The van der Waals surface area contributed by atoms with Crippen LogP contribution in [-0.4, -0.2) is 24.9 Å². The van der Waals surface area contributed by atoms with Crippen molar-refractivity contribution >= 4 is 29.4 Å². The number of rotatable bonds is 3. The zero-order chi connectivity index (χ0) is 19.7. The largest absolute Gasteiger partial charge is 0.465 e. The summed E-state index contributed by atoms with van der Waals surface area (Å²) in [4.78, 5) is 36.3. The van der Waals surface area contributed by atoms with E-state index in [0.717, 1.165) is 0 Å². The van der Waals surface area contributed by atoms with Crippen molar-refractivity contribution < 1.29 is 23.5 Å². The minimum atomic E-state index is -0.489. The van der Waals surface area contributed by atoms with Gasteiger partial charge in [0.15, 0.2) is 0 Å². The Morgan fingerprint density at radius 1 is 0.893 bits per heavy atom. The molecule has 1 aromatic heterocycles. The molecule has 0 fully saturated rings. The molecule has 0 atom stereocenters. The first-order valence-corrected chi connectivity index (χ1v) is 8.53. The van der Waals surface area contributed by atoms with Gasteiger partial charge >= 0.3 is 5.97 Å². The molecule has 1 N–H and O–H groups in total. The molecule has 1 aliphatic rings. The highest BCUT2D eigenvalue weighted by Gasteiger charge is 2.27. The quantitative estimate of drug-likeness (QED) is 0.431. The maximum Gasteiger partial charge on any atom is 0.338 e. The molecule has 0 spiro atoms. The number of nitrogens with one attached hydrogen (secondary N) is 1. The number of hydrogen-bond donors (Lipinski definition) is 1. The molecule has 3 aromatic rings. The molecule has 2 amide bonds. The van der Waals surface area contributed by atoms with E-state index >= 15 is 0 Å². The average Bonchev–Trinajstić information content (AvgIpc) is 3.19. The highest BCUT2D eigenvalue weighted by atomic mass is 16.5. The number of carbonyl (C=O) groups excluding carboxylic acids is 3. The summed E-state index contributed by atoms with van der Waals surface area (Å²) in [6, 6.07) is 17.2. The Morgan fingerprint density at radius 2 is 1.57 bits per heavy atom. The third-order valence-electron chi connectivity index (χ3n) is 4.44. The number of amides is 2. The summed E-state index contributed by atoms with van der Waals surface area (Å²) in [7, 11) is 1.32. The predicted octanol–water partition coefficient (Wildman–Crippen LogP) is 3.54. The van der Waals surface area contributed by atoms with Gasteiger partial charge in [0.1, 0.15) is 11.5 Å². The molecule has 0 unspecified atom stereocenters. The van der Waals surface area contributed by atoms with E-state index in [1.807, 2.05) is 0 Å². The molecule has 0 bridgehead atoms. The van der Waals surface area contributed by atoms with Gasteiger partial charge in [0, 0.05) is 16.7 Å². The van der Waals surface area contributed by atoms with E-state index in [2.05, 4.69) is 5.32 Å². The fourth-order valence-corrected chi connectivity index (χ4v) is 3.12. The zero-order valence-corrected chi connectivity index (χ0v) is 14.9. The summed E-state index contributed by atoms with van der Waals surface area (Å²) in [5.41, 5.74) is 2.27. The van der Waals surface area contributed by atoms with Gasteiger partial charge < -0.3 is 9.15 Å². The first-order chi connectivity index (χ1) is 13.6.